The van der Waals surface area contributed by atoms with Crippen molar-refractivity contribution in [2.45, 2.75) is 51.4 Å². The Morgan fingerprint density at radius 1 is 1.16 bits per heavy atom. The SMILES string of the molecule is CC(C)C(=O)NCC1(c2ccccc2)CCCCC1. The molecular weight excluding hydrogens is 234 g/mol. The van der Waals surface area contributed by atoms with Crippen molar-refractivity contribution >= 4 is 5.91 Å². The fraction of sp³-hybridized carbons (Fsp3) is 0.588. The van der Waals surface area contributed by atoms with Gasteiger partial charge in [-0.3, -0.25) is 4.79 Å². The number of amides is 1. The Balaban J connectivity index is 2.14. The third-order valence-corrected chi connectivity index (χ3v) is 4.32. The molecule has 0 radical (unpaired) electrons. The molecule has 2 heteroatoms. The maximum atomic E-state index is 11.8. The molecule has 0 aliphatic heterocycles. The van der Waals surface area contributed by atoms with E-state index in [2.05, 4.69) is 35.6 Å². The Morgan fingerprint density at radius 3 is 2.37 bits per heavy atom. The Kier molecular flexibility index (Phi) is 4.62. The van der Waals surface area contributed by atoms with Gasteiger partial charge in [-0.2, -0.15) is 0 Å². The lowest BCUT2D eigenvalue weighted by Gasteiger charge is -2.38. The van der Waals surface area contributed by atoms with Crippen LogP contribution in [0.4, 0.5) is 0 Å². The number of nitrogens with one attached hydrogen (secondary N) is 1. The van der Waals surface area contributed by atoms with Crippen LogP contribution in [0.25, 0.3) is 0 Å². The number of benzene rings is 1. The smallest absolute Gasteiger partial charge is 0.222 e. The average molecular weight is 259 g/mol. The van der Waals surface area contributed by atoms with Crippen molar-refractivity contribution in [2.24, 2.45) is 5.92 Å². The summed E-state index contributed by atoms with van der Waals surface area (Å²) in [4.78, 5) is 11.8. The zero-order valence-corrected chi connectivity index (χ0v) is 12.1. The second kappa shape index (κ2) is 6.23. The van der Waals surface area contributed by atoms with Crippen molar-refractivity contribution in [3.63, 3.8) is 0 Å². The van der Waals surface area contributed by atoms with Gasteiger partial charge in [0, 0.05) is 17.9 Å². The van der Waals surface area contributed by atoms with E-state index >= 15 is 0 Å². The summed E-state index contributed by atoms with van der Waals surface area (Å²) in [6.07, 6.45) is 6.25. The first-order valence-corrected chi connectivity index (χ1v) is 7.47. The highest BCUT2D eigenvalue weighted by atomic mass is 16.1. The van der Waals surface area contributed by atoms with Gasteiger partial charge in [0.05, 0.1) is 0 Å². The molecule has 1 N–H and O–H groups in total. The van der Waals surface area contributed by atoms with E-state index in [-0.39, 0.29) is 17.2 Å². The van der Waals surface area contributed by atoms with Gasteiger partial charge >= 0.3 is 0 Å². The topological polar surface area (TPSA) is 29.1 Å². The average Bonchev–Trinajstić information content (AvgIpc) is 2.46. The molecule has 1 aliphatic rings. The van der Waals surface area contributed by atoms with Crippen LogP contribution >= 0.6 is 0 Å². The molecule has 0 atom stereocenters. The summed E-state index contributed by atoms with van der Waals surface area (Å²) < 4.78 is 0. The number of hydrogen-bond donors (Lipinski definition) is 1. The minimum atomic E-state index is 0.0661. The summed E-state index contributed by atoms with van der Waals surface area (Å²) in [6.45, 7) is 4.69. The van der Waals surface area contributed by atoms with Crippen LogP contribution in [0.15, 0.2) is 30.3 Å². The highest BCUT2D eigenvalue weighted by Gasteiger charge is 2.34. The molecule has 1 aromatic rings. The van der Waals surface area contributed by atoms with Gasteiger partial charge < -0.3 is 5.32 Å². The van der Waals surface area contributed by atoms with E-state index in [1.807, 2.05) is 13.8 Å². The van der Waals surface area contributed by atoms with E-state index in [0.29, 0.717) is 0 Å². The van der Waals surface area contributed by atoms with Gasteiger partial charge in [0.1, 0.15) is 0 Å². The monoisotopic (exact) mass is 259 g/mol. The van der Waals surface area contributed by atoms with E-state index in [9.17, 15) is 4.79 Å². The van der Waals surface area contributed by atoms with E-state index in [0.717, 1.165) is 6.54 Å². The first-order valence-electron chi connectivity index (χ1n) is 7.47. The normalized spacial score (nSPS) is 18.3. The fourth-order valence-electron chi connectivity index (χ4n) is 3.05. The summed E-state index contributed by atoms with van der Waals surface area (Å²) in [5.74, 6) is 0.234. The minimum Gasteiger partial charge on any atom is -0.355 e. The third kappa shape index (κ3) is 3.37. The number of hydrogen-bond acceptors (Lipinski definition) is 1. The lowest BCUT2D eigenvalue weighted by atomic mass is 9.69. The van der Waals surface area contributed by atoms with Crippen molar-refractivity contribution in [3.8, 4) is 0 Å². The molecule has 2 nitrogen and oxygen atoms in total. The lowest BCUT2D eigenvalue weighted by Crippen LogP contribution is -2.43. The van der Waals surface area contributed by atoms with Crippen LogP contribution in [0.5, 0.6) is 0 Å². The molecule has 1 amide bonds. The molecule has 0 spiro atoms. The molecule has 0 aromatic heterocycles. The van der Waals surface area contributed by atoms with Crippen LogP contribution in [0.2, 0.25) is 0 Å². The molecule has 0 bridgehead atoms. The van der Waals surface area contributed by atoms with Crippen LogP contribution in [-0.2, 0) is 10.2 Å². The maximum Gasteiger partial charge on any atom is 0.222 e. The summed E-state index contributed by atoms with van der Waals surface area (Å²) in [7, 11) is 0. The van der Waals surface area contributed by atoms with E-state index in [1.165, 1.54) is 37.7 Å². The first-order chi connectivity index (χ1) is 9.14. The van der Waals surface area contributed by atoms with Crippen molar-refractivity contribution in [1.29, 1.82) is 0 Å². The highest BCUT2D eigenvalue weighted by Crippen LogP contribution is 2.38. The zero-order chi connectivity index (χ0) is 13.7. The second-order valence-corrected chi connectivity index (χ2v) is 6.08. The van der Waals surface area contributed by atoms with Crippen LogP contribution in [-0.4, -0.2) is 12.5 Å². The second-order valence-electron chi connectivity index (χ2n) is 6.08. The standard InChI is InChI=1S/C17H25NO/c1-14(2)16(19)18-13-17(11-7-4-8-12-17)15-9-5-3-6-10-15/h3,5-6,9-10,14H,4,7-8,11-13H2,1-2H3,(H,18,19). The largest absolute Gasteiger partial charge is 0.355 e. The van der Waals surface area contributed by atoms with Crippen molar-refractivity contribution in [3.05, 3.63) is 35.9 Å². The molecule has 1 aromatic carbocycles. The molecule has 19 heavy (non-hydrogen) atoms. The van der Waals surface area contributed by atoms with Crippen LogP contribution in [0.3, 0.4) is 0 Å². The Bertz CT molecular complexity index is 405. The predicted octanol–water partition coefficient (Wildman–Crippen LogP) is 3.66. The molecule has 2 rings (SSSR count). The number of carbonyl (C=O) groups is 1. The molecule has 1 fully saturated rings. The van der Waals surface area contributed by atoms with Gasteiger partial charge in [-0.05, 0) is 18.4 Å². The van der Waals surface area contributed by atoms with Gasteiger partial charge in [-0.15, -0.1) is 0 Å². The number of rotatable bonds is 4. The van der Waals surface area contributed by atoms with Crippen LogP contribution < -0.4 is 5.32 Å². The van der Waals surface area contributed by atoms with Crippen molar-refractivity contribution in [2.75, 3.05) is 6.54 Å². The quantitative estimate of drug-likeness (QED) is 0.878. The van der Waals surface area contributed by atoms with Gasteiger partial charge in [-0.1, -0.05) is 63.4 Å². The Labute approximate surface area is 116 Å². The minimum absolute atomic E-state index is 0.0661. The number of carbonyl (C=O) groups excluding carboxylic acids is 1. The van der Waals surface area contributed by atoms with Gasteiger partial charge in [0.25, 0.3) is 0 Å². The van der Waals surface area contributed by atoms with Gasteiger partial charge in [0.15, 0.2) is 0 Å². The van der Waals surface area contributed by atoms with Crippen molar-refractivity contribution in [1.82, 2.24) is 5.32 Å². The molecular formula is C17H25NO. The Morgan fingerprint density at radius 2 is 1.79 bits per heavy atom. The van der Waals surface area contributed by atoms with Crippen LogP contribution in [0, 0.1) is 5.92 Å². The summed E-state index contributed by atoms with van der Waals surface area (Å²) in [5, 5.41) is 3.15. The van der Waals surface area contributed by atoms with E-state index in [4.69, 9.17) is 0 Å². The molecule has 0 heterocycles. The third-order valence-electron chi connectivity index (χ3n) is 4.32. The fourth-order valence-corrected chi connectivity index (χ4v) is 3.05. The summed E-state index contributed by atoms with van der Waals surface area (Å²) in [6, 6.07) is 10.7. The zero-order valence-electron chi connectivity index (χ0n) is 12.1. The maximum absolute atomic E-state index is 11.8. The molecule has 0 unspecified atom stereocenters. The molecule has 0 saturated heterocycles. The van der Waals surface area contributed by atoms with Gasteiger partial charge in [-0.25, -0.2) is 0 Å². The van der Waals surface area contributed by atoms with E-state index < -0.39 is 0 Å². The molecule has 1 aliphatic carbocycles. The summed E-state index contributed by atoms with van der Waals surface area (Å²) >= 11 is 0. The van der Waals surface area contributed by atoms with E-state index in [1.54, 1.807) is 0 Å². The predicted molar refractivity (Wildman–Crippen MR) is 79.1 cm³/mol. The Hall–Kier alpha value is -1.31. The summed E-state index contributed by atoms with van der Waals surface area (Å²) in [5.41, 5.74) is 1.54. The van der Waals surface area contributed by atoms with Crippen molar-refractivity contribution < 1.29 is 4.79 Å². The van der Waals surface area contributed by atoms with Crippen LogP contribution in [0.1, 0.15) is 51.5 Å². The molecule has 1 saturated carbocycles. The van der Waals surface area contributed by atoms with Gasteiger partial charge in [0.2, 0.25) is 5.91 Å². The highest BCUT2D eigenvalue weighted by molar-refractivity contribution is 5.77. The lowest BCUT2D eigenvalue weighted by molar-refractivity contribution is -0.124. The first kappa shape index (κ1) is 14.1. The molecule has 104 valence electrons.